The first-order chi connectivity index (χ1) is 7.61. The zero-order valence-electron chi connectivity index (χ0n) is 8.93. The first-order valence-electron chi connectivity index (χ1n) is 5.18. The van der Waals surface area contributed by atoms with Crippen LogP contribution in [0.3, 0.4) is 0 Å². The number of carbonyl (C=O) groups excluding carboxylic acids is 1. The molecule has 86 valence electrons. The third-order valence-electron chi connectivity index (χ3n) is 2.70. The summed E-state index contributed by atoms with van der Waals surface area (Å²) in [6.07, 6.45) is 2.19. The summed E-state index contributed by atoms with van der Waals surface area (Å²) in [5.41, 5.74) is -0.437. The second-order valence-electron chi connectivity index (χ2n) is 4.04. The normalized spacial score (nSPS) is 14.9. The minimum Gasteiger partial charge on any atom is -0.497 e. The van der Waals surface area contributed by atoms with Crippen LogP contribution in [0.15, 0.2) is 12.1 Å². The molecule has 0 aliphatic heterocycles. The first kappa shape index (κ1) is 11.0. The van der Waals surface area contributed by atoms with E-state index in [2.05, 4.69) is 0 Å². The fourth-order valence-corrected chi connectivity index (χ4v) is 1.62. The number of rotatable bonds is 4. The van der Waals surface area contributed by atoms with Crippen molar-refractivity contribution in [3.63, 3.8) is 0 Å². The van der Waals surface area contributed by atoms with Gasteiger partial charge in [-0.1, -0.05) is 0 Å². The Bertz CT molecular complexity index is 402. The summed E-state index contributed by atoms with van der Waals surface area (Å²) in [5, 5.41) is 0. The average Bonchev–Trinajstić information content (AvgIpc) is 3.00. The molecule has 0 bridgehead atoms. The second-order valence-corrected chi connectivity index (χ2v) is 4.04. The van der Waals surface area contributed by atoms with Crippen LogP contribution >= 0.6 is 0 Å². The summed E-state index contributed by atoms with van der Waals surface area (Å²) in [4.78, 5) is 11.6. The lowest BCUT2D eigenvalue weighted by atomic mass is 10.0. The van der Waals surface area contributed by atoms with Crippen LogP contribution in [0.4, 0.5) is 8.78 Å². The summed E-state index contributed by atoms with van der Waals surface area (Å²) >= 11 is 0. The average molecular weight is 226 g/mol. The van der Waals surface area contributed by atoms with E-state index in [9.17, 15) is 13.6 Å². The van der Waals surface area contributed by atoms with Gasteiger partial charge < -0.3 is 4.74 Å². The van der Waals surface area contributed by atoms with Crippen molar-refractivity contribution in [2.24, 2.45) is 5.92 Å². The zero-order valence-corrected chi connectivity index (χ0v) is 8.93. The van der Waals surface area contributed by atoms with Crippen molar-refractivity contribution < 1.29 is 18.3 Å². The lowest BCUT2D eigenvalue weighted by Crippen LogP contribution is -2.07. The molecule has 16 heavy (non-hydrogen) atoms. The highest BCUT2D eigenvalue weighted by molar-refractivity contribution is 5.97. The number of ketones is 1. The molecule has 1 aromatic rings. The molecular weight excluding hydrogens is 214 g/mol. The molecule has 0 amide bonds. The maximum Gasteiger partial charge on any atom is 0.169 e. The largest absolute Gasteiger partial charge is 0.497 e. The van der Waals surface area contributed by atoms with Gasteiger partial charge in [0, 0.05) is 18.6 Å². The van der Waals surface area contributed by atoms with E-state index in [-0.39, 0.29) is 12.2 Å². The first-order valence-corrected chi connectivity index (χ1v) is 5.18. The third-order valence-corrected chi connectivity index (χ3v) is 2.70. The molecule has 2 rings (SSSR count). The van der Waals surface area contributed by atoms with Gasteiger partial charge in [-0.2, -0.15) is 0 Å². The van der Waals surface area contributed by atoms with Gasteiger partial charge in [-0.25, -0.2) is 8.78 Å². The SMILES string of the molecule is COc1cc(F)c(C(=O)CC2CC2)c(F)c1. The van der Waals surface area contributed by atoms with Gasteiger partial charge in [0.25, 0.3) is 0 Å². The Balaban J connectivity index is 2.28. The summed E-state index contributed by atoms with van der Waals surface area (Å²) in [6, 6.07) is 2.06. The number of carbonyl (C=O) groups is 1. The Morgan fingerprint density at radius 2 is 1.94 bits per heavy atom. The van der Waals surface area contributed by atoms with Crippen LogP contribution in [0.25, 0.3) is 0 Å². The summed E-state index contributed by atoms with van der Waals surface area (Å²) in [7, 11) is 1.32. The molecule has 0 spiro atoms. The van der Waals surface area contributed by atoms with Crippen molar-refractivity contribution in [1.82, 2.24) is 0 Å². The summed E-state index contributed by atoms with van der Waals surface area (Å²) < 4.78 is 31.7. The Labute approximate surface area is 92.2 Å². The molecule has 0 N–H and O–H groups in total. The lowest BCUT2D eigenvalue weighted by molar-refractivity contribution is 0.0968. The van der Waals surface area contributed by atoms with Crippen molar-refractivity contribution in [2.75, 3.05) is 7.11 Å². The predicted octanol–water partition coefficient (Wildman–Crippen LogP) is 2.96. The highest BCUT2D eigenvalue weighted by Gasteiger charge is 2.28. The number of benzene rings is 1. The number of Topliss-reactive ketones (excluding diaryl/α,β-unsaturated/α-hetero) is 1. The maximum absolute atomic E-state index is 13.5. The van der Waals surface area contributed by atoms with Crippen LogP contribution in [0, 0.1) is 17.6 Å². The highest BCUT2D eigenvalue weighted by atomic mass is 19.1. The Kier molecular flexibility index (Phi) is 2.90. The predicted molar refractivity (Wildman–Crippen MR) is 54.6 cm³/mol. The van der Waals surface area contributed by atoms with E-state index in [0.29, 0.717) is 5.92 Å². The van der Waals surface area contributed by atoms with Gasteiger partial charge in [0.1, 0.15) is 17.4 Å². The molecule has 4 heteroatoms. The molecule has 2 nitrogen and oxygen atoms in total. The summed E-state index contributed by atoms with van der Waals surface area (Å²) in [5.74, 6) is -1.75. The fourth-order valence-electron chi connectivity index (χ4n) is 1.62. The van der Waals surface area contributed by atoms with E-state index in [1.54, 1.807) is 0 Å². The van der Waals surface area contributed by atoms with E-state index >= 15 is 0 Å². The van der Waals surface area contributed by atoms with Crippen LogP contribution in [-0.2, 0) is 0 Å². The molecule has 0 radical (unpaired) electrons. The van der Waals surface area contributed by atoms with Gasteiger partial charge in [-0.15, -0.1) is 0 Å². The summed E-state index contributed by atoms with van der Waals surface area (Å²) in [6.45, 7) is 0. The number of methoxy groups -OCH3 is 1. The van der Waals surface area contributed by atoms with Gasteiger partial charge in [0.2, 0.25) is 0 Å². The van der Waals surface area contributed by atoms with Crippen molar-refractivity contribution in [2.45, 2.75) is 19.3 Å². The van der Waals surface area contributed by atoms with Gasteiger partial charge in [-0.3, -0.25) is 4.79 Å². The van der Waals surface area contributed by atoms with Crippen molar-refractivity contribution in [3.8, 4) is 5.75 Å². The minimum absolute atomic E-state index is 0.0815. The molecule has 1 aromatic carbocycles. The Hall–Kier alpha value is -1.45. The fraction of sp³-hybridized carbons (Fsp3) is 0.417. The van der Waals surface area contributed by atoms with Crippen molar-refractivity contribution in [1.29, 1.82) is 0 Å². The quantitative estimate of drug-likeness (QED) is 0.738. The molecule has 0 aromatic heterocycles. The number of halogens is 2. The Morgan fingerprint density at radius 1 is 1.38 bits per heavy atom. The van der Waals surface area contributed by atoms with Crippen LogP contribution in [0.1, 0.15) is 29.6 Å². The molecule has 1 aliphatic carbocycles. The third kappa shape index (κ3) is 2.21. The van der Waals surface area contributed by atoms with Crippen LogP contribution in [0.5, 0.6) is 5.75 Å². The van der Waals surface area contributed by atoms with Crippen molar-refractivity contribution in [3.05, 3.63) is 29.3 Å². The van der Waals surface area contributed by atoms with E-state index < -0.39 is 23.0 Å². The maximum atomic E-state index is 13.5. The van der Waals surface area contributed by atoms with Crippen LogP contribution in [0.2, 0.25) is 0 Å². The molecule has 0 atom stereocenters. The lowest BCUT2D eigenvalue weighted by Gasteiger charge is -2.06. The standard InChI is InChI=1S/C12H12F2O2/c1-16-8-5-9(13)12(10(14)6-8)11(15)4-7-2-3-7/h5-7H,2-4H2,1H3. The van der Waals surface area contributed by atoms with Crippen molar-refractivity contribution >= 4 is 5.78 Å². The molecule has 1 aliphatic rings. The topological polar surface area (TPSA) is 26.3 Å². The van der Waals surface area contributed by atoms with Gasteiger partial charge in [-0.05, 0) is 18.8 Å². The number of ether oxygens (including phenoxy) is 1. The monoisotopic (exact) mass is 226 g/mol. The Morgan fingerprint density at radius 3 is 2.38 bits per heavy atom. The molecule has 0 unspecified atom stereocenters. The zero-order chi connectivity index (χ0) is 11.7. The van der Waals surface area contributed by atoms with E-state index in [1.165, 1.54) is 7.11 Å². The molecular formula is C12H12F2O2. The van der Waals surface area contributed by atoms with Gasteiger partial charge >= 0.3 is 0 Å². The number of hydrogen-bond donors (Lipinski definition) is 0. The minimum atomic E-state index is -0.845. The van der Waals surface area contributed by atoms with Crippen LogP contribution in [-0.4, -0.2) is 12.9 Å². The second kappa shape index (κ2) is 4.20. The molecule has 1 fully saturated rings. The number of hydrogen-bond acceptors (Lipinski definition) is 2. The van der Waals surface area contributed by atoms with E-state index in [1.807, 2.05) is 0 Å². The smallest absolute Gasteiger partial charge is 0.169 e. The molecule has 0 heterocycles. The van der Waals surface area contributed by atoms with Gasteiger partial charge in [0.15, 0.2) is 5.78 Å². The van der Waals surface area contributed by atoms with Crippen LogP contribution < -0.4 is 4.74 Å². The van der Waals surface area contributed by atoms with E-state index in [4.69, 9.17) is 4.74 Å². The highest BCUT2D eigenvalue weighted by Crippen LogP contribution is 2.34. The van der Waals surface area contributed by atoms with Gasteiger partial charge in [0.05, 0.1) is 12.7 Å². The van der Waals surface area contributed by atoms with E-state index in [0.717, 1.165) is 25.0 Å². The molecule has 0 saturated heterocycles. The molecule has 1 saturated carbocycles.